The Bertz CT molecular complexity index is 462. The van der Waals surface area contributed by atoms with Crippen molar-refractivity contribution < 1.29 is 14.6 Å². The SMILES string of the molecule is C=C(/C=C/c1ccc(C(=O)O)cc1)OC(C)(C)C. The summed E-state index contributed by atoms with van der Waals surface area (Å²) in [7, 11) is 0. The lowest BCUT2D eigenvalue weighted by Crippen LogP contribution is -2.17. The summed E-state index contributed by atoms with van der Waals surface area (Å²) in [6.45, 7) is 9.65. The number of aromatic carboxylic acids is 1. The van der Waals surface area contributed by atoms with Crippen LogP contribution in [0.25, 0.3) is 6.08 Å². The summed E-state index contributed by atoms with van der Waals surface area (Å²) in [4.78, 5) is 10.7. The standard InChI is InChI=1S/C15H18O3/c1-11(18-15(2,3)4)5-6-12-7-9-13(10-8-12)14(16)17/h5-10H,1H2,2-4H3,(H,16,17)/b6-5+. The number of carboxylic acids is 1. The highest BCUT2D eigenvalue weighted by Crippen LogP contribution is 2.14. The van der Waals surface area contributed by atoms with Crippen molar-refractivity contribution in [1.82, 2.24) is 0 Å². The van der Waals surface area contributed by atoms with E-state index in [1.807, 2.05) is 26.8 Å². The summed E-state index contributed by atoms with van der Waals surface area (Å²) in [6.07, 6.45) is 3.60. The zero-order chi connectivity index (χ0) is 13.8. The van der Waals surface area contributed by atoms with Crippen molar-refractivity contribution in [1.29, 1.82) is 0 Å². The fraction of sp³-hybridized carbons (Fsp3) is 0.267. The molecule has 3 heteroatoms. The molecule has 1 N–H and O–H groups in total. The molecule has 0 unspecified atom stereocenters. The van der Waals surface area contributed by atoms with Crippen LogP contribution in [0.15, 0.2) is 42.7 Å². The molecule has 0 spiro atoms. The summed E-state index contributed by atoms with van der Waals surface area (Å²) in [6, 6.07) is 6.61. The summed E-state index contributed by atoms with van der Waals surface area (Å²) in [5.74, 6) is -0.351. The number of rotatable bonds is 4. The number of hydrogen-bond donors (Lipinski definition) is 1. The van der Waals surface area contributed by atoms with Gasteiger partial charge in [-0.1, -0.05) is 24.8 Å². The van der Waals surface area contributed by atoms with Crippen LogP contribution in [-0.2, 0) is 4.74 Å². The normalized spacial score (nSPS) is 11.5. The van der Waals surface area contributed by atoms with Crippen LogP contribution in [0, 0.1) is 0 Å². The molecule has 1 rings (SSSR count). The van der Waals surface area contributed by atoms with Gasteiger partial charge < -0.3 is 9.84 Å². The van der Waals surface area contributed by atoms with E-state index in [0.29, 0.717) is 5.76 Å². The van der Waals surface area contributed by atoms with Gasteiger partial charge in [-0.15, -0.1) is 0 Å². The molecule has 0 aromatic heterocycles. The number of hydrogen-bond acceptors (Lipinski definition) is 2. The molecule has 0 aliphatic carbocycles. The van der Waals surface area contributed by atoms with E-state index in [4.69, 9.17) is 9.84 Å². The van der Waals surface area contributed by atoms with E-state index in [1.54, 1.807) is 30.3 Å². The first-order chi connectivity index (χ1) is 8.28. The highest BCUT2D eigenvalue weighted by molar-refractivity contribution is 5.87. The monoisotopic (exact) mass is 246 g/mol. The third-order valence-corrected chi connectivity index (χ3v) is 2.06. The van der Waals surface area contributed by atoms with Crippen LogP contribution in [0.5, 0.6) is 0 Å². The number of ether oxygens (including phenoxy) is 1. The molecule has 3 nitrogen and oxygen atoms in total. The molecular formula is C15H18O3. The van der Waals surface area contributed by atoms with Crippen LogP contribution in [-0.4, -0.2) is 16.7 Å². The second kappa shape index (κ2) is 5.54. The smallest absolute Gasteiger partial charge is 0.335 e. The van der Waals surface area contributed by atoms with Gasteiger partial charge in [0.15, 0.2) is 0 Å². The first-order valence-electron chi connectivity index (χ1n) is 5.67. The van der Waals surface area contributed by atoms with Crippen LogP contribution in [0.3, 0.4) is 0 Å². The van der Waals surface area contributed by atoms with Crippen LogP contribution in [0.4, 0.5) is 0 Å². The zero-order valence-corrected chi connectivity index (χ0v) is 10.9. The van der Waals surface area contributed by atoms with Crippen molar-refractivity contribution in [3.8, 4) is 0 Å². The lowest BCUT2D eigenvalue weighted by Gasteiger charge is -2.21. The molecule has 1 aromatic carbocycles. The summed E-state index contributed by atoms with van der Waals surface area (Å²) in [5, 5.41) is 8.77. The van der Waals surface area contributed by atoms with E-state index < -0.39 is 5.97 Å². The van der Waals surface area contributed by atoms with Crippen LogP contribution in [0.2, 0.25) is 0 Å². The second-order valence-electron chi connectivity index (χ2n) is 4.94. The van der Waals surface area contributed by atoms with Gasteiger partial charge in [0.05, 0.1) is 5.56 Å². The molecule has 0 heterocycles. The predicted molar refractivity (Wildman–Crippen MR) is 72.4 cm³/mol. The minimum absolute atomic E-state index is 0.269. The first-order valence-corrected chi connectivity index (χ1v) is 5.67. The first kappa shape index (κ1) is 14.0. The van der Waals surface area contributed by atoms with Gasteiger partial charge in [0, 0.05) is 0 Å². The molecule has 0 saturated carbocycles. The minimum Gasteiger partial charge on any atom is -0.489 e. The quantitative estimate of drug-likeness (QED) is 0.650. The summed E-state index contributed by atoms with van der Waals surface area (Å²) >= 11 is 0. The second-order valence-corrected chi connectivity index (χ2v) is 4.94. The van der Waals surface area contributed by atoms with Gasteiger partial charge in [0.1, 0.15) is 11.4 Å². The maximum atomic E-state index is 10.7. The van der Waals surface area contributed by atoms with Gasteiger partial charge in [-0.05, 0) is 44.5 Å². The van der Waals surface area contributed by atoms with Crippen LogP contribution < -0.4 is 0 Å². The van der Waals surface area contributed by atoms with Crippen molar-refractivity contribution in [2.45, 2.75) is 26.4 Å². The Morgan fingerprint density at radius 3 is 2.28 bits per heavy atom. The summed E-state index contributed by atoms with van der Waals surface area (Å²) < 4.78 is 5.55. The molecule has 0 fully saturated rings. The van der Waals surface area contributed by atoms with Gasteiger partial charge in [-0.2, -0.15) is 0 Å². The van der Waals surface area contributed by atoms with Gasteiger partial charge >= 0.3 is 5.97 Å². The Labute approximate surface area is 107 Å². The van der Waals surface area contributed by atoms with Crippen molar-refractivity contribution in [2.75, 3.05) is 0 Å². The third kappa shape index (κ3) is 4.87. The van der Waals surface area contributed by atoms with E-state index in [1.165, 1.54) is 0 Å². The minimum atomic E-state index is -0.925. The fourth-order valence-electron chi connectivity index (χ4n) is 1.35. The van der Waals surface area contributed by atoms with E-state index in [9.17, 15) is 4.79 Å². The Kier molecular flexibility index (Phi) is 4.32. The van der Waals surface area contributed by atoms with E-state index in [2.05, 4.69) is 6.58 Å². The van der Waals surface area contributed by atoms with Gasteiger partial charge in [-0.25, -0.2) is 4.79 Å². The van der Waals surface area contributed by atoms with Crippen molar-refractivity contribution in [3.05, 3.63) is 53.8 Å². The third-order valence-electron chi connectivity index (χ3n) is 2.06. The molecule has 0 aliphatic heterocycles. The van der Waals surface area contributed by atoms with E-state index in [-0.39, 0.29) is 11.2 Å². The average molecular weight is 246 g/mol. The lowest BCUT2D eigenvalue weighted by molar-refractivity contribution is 0.0610. The fourth-order valence-corrected chi connectivity index (χ4v) is 1.35. The Morgan fingerprint density at radius 1 is 1.28 bits per heavy atom. The average Bonchev–Trinajstić information content (AvgIpc) is 2.24. The highest BCUT2D eigenvalue weighted by Gasteiger charge is 2.10. The Morgan fingerprint density at radius 2 is 1.83 bits per heavy atom. The molecule has 0 atom stereocenters. The van der Waals surface area contributed by atoms with Gasteiger partial charge in [0.2, 0.25) is 0 Å². The largest absolute Gasteiger partial charge is 0.489 e. The molecule has 0 saturated heterocycles. The maximum absolute atomic E-state index is 10.7. The molecule has 18 heavy (non-hydrogen) atoms. The number of benzene rings is 1. The molecule has 0 radical (unpaired) electrons. The Balaban J connectivity index is 2.67. The topological polar surface area (TPSA) is 46.5 Å². The molecule has 1 aromatic rings. The molecular weight excluding hydrogens is 228 g/mol. The van der Waals surface area contributed by atoms with Crippen LogP contribution in [0.1, 0.15) is 36.7 Å². The Hall–Kier alpha value is -2.03. The van der Waals surface area contributed by atoms with E-state index >= 15 is 0 Å². The van der Waals surface area contributed by atoms with Crippen molar-refractivity contribution in [3.63, 3.8) is 0 Å². The number of carbonyl (C=O) groups is 1. The van der Waals surface area contributed by atoms with Crippen molar-refractivity contribution >= 4 is 12.0 Å². The summed E-state index contributed by atoms with van der Waals surface area (Å²) in [5.41, 5.74) is 0.907. The molecule has 0 bridgehead atoms. The molecule has 96 valence electrons. The molecule has 0 aliphatic rings. The van der Waals surface area contributed by atoms with Gasteiger partial charge in [-0.3, -0.25) is 0 Å². The lowest BCUT2D eigenvalue weighted by atomic mass is 10.1. The van der Waals surface area contributed by atoms with Gasteiger partial charge in [0.25, 0.3) is 0 Å². The number of allylic oxidation sites excluding steroid dienone is 1. The van der Waals surface area contributed by atoms with Crippen molar-refractivity contribution in [2.24, 2.45) is 0 Å². The maximum Gasteiger partial charge on any atom is 0.335 e. The number of carboxylic acid groups (broad SMARTS) is 1. The predicted octanol–water partition coefficient (Wildman–Crippen LogP) is 3.73. The highest BCUT2D eigenvalue weighted by atomic mass is 16.5. The van der Waals surface area contributed by atoms with Crippen LogP contribution >= 0.6 is 0 Å². The zero-order valence-electron chi connectivity index (χ0n) is 10.9. The van der Waals surface area contributed by atoms with E-state index in [0.717, 1.165) is 5.56 Å². The molecule has 0 amide bonds.